The van der Waals surface area contributed by atoms with E-state index in [-0.39, 0.29) is 17.2 Å². The van der Waals surface area contributed by atoms with Crippen molar-refractivity contribution in [1.82, 2.24) is 20.2 Å². The molecule has 0 fully saturated rings. The molecule has 28 heavy (non-hydrogen) atoms. The second kappa shape index (κ2) is 6.48. The predicted octanol–water partition coefficient (Wildman–Crippen LogP) is 2.55. The third-order valence-corrected chi connectivity index (χ3v) is 4.50. The first-order chi connectivity index (χ1) is 13.5. The first kappa shape index (κ1) is 17.2. The lowest BCUT2D eigenvalue weighted by Gasteiger charge is -2.13. The predicted molar refractivity (Wildman–Crippen MR) is 105 cm³/mol. The van der Waals surface area contributed by atoms with Crippen molar-refractivity contribution in [3.63, 3.8) is 0 Å². The molecule has 0 spiro atoms. The van der Waals surface area contributed by atoms with Crippen LogP contribution in [0, 0.1) is 18.3 Å². The standard InChI is InChI=1S/C20H15N7O/c1-10-5-6-14-13(9-24-27-14)15(10)17-16(22)18(19(23)28)26-20(25-17)12-4-2-3-11(7-12)8-21/h2-7,9H,22H2,1H3,(H2,23,28)(H,24,27). The maximum absolute atomic E-state index is 12.0. The molecule has 2 aromatic carbocycles. The van der Waals surface area contributed by atoms with Gasteiger partial charge in [0.2, 0.25) is 0 Å². The average Bonchev–Trinajstić information content (AvgIpc) is 3.17. The van der Waals surface area contributed by atoms with Gasteiger partial charge in [-0.3, -0.25) is 9.89 Å². The van der Waals surface area contributed by atoms with Crippen molar-refractivity contribution < 1.29 is 4.79 Å². The molecule has 8 heteroatoms. The lowest BCUT2D eigenvalue weighted by atomic mass is 9.99. The monoisotopic (exact) mass is 369 g/mol. The van der Waals surface area contributed by atoms with Crippen molar-refractivity contribution in [3.8, 4) is 28.7 Å². The minimum absolute atomic E-state index is 0.0674. The van der Waals surface area contributed by atoms with Gasteiger partial charge >= 0.3 is 0 Å². The first-order valence-electron chi connectivity index (χ1n) is 8.40. The van der Waals surface area contributed by atoms with Gasteiger partial charge in [0, 0.05) is 16.5 Å². The molecule has 0 aliphatic carbocycles. The van der Waals surface area contributed by atoms with Crippen LogP contribution in [0.4, 0.5) is 5.69 Å². The van der Waals surface area contributed by atoms with Gasteiger partial charge in [0.15, 0.2) is 11.5 Å². The van der Waals surface area contributed by atoms with Gasteiger partial charge in [-0.2, -0.15) is 10.4 Å². The van der Waals surface area contributed by atoms with E-state index in [1.54, 1.807) is 30.5 Å². The van der Waals surface area contributed by atoms with E-state index >= 15 is 0 Å². The van der Waals surface area contributed by atoms with Gasteiger partial charge < -0.3 is 11.5 Å². The molecule has 0 bridgehead atoms. The molecule has 0 aliphatic rings. The van der Waals surface area contributed by atoms with Gasteiger partial charge in [-0.1, -0.05) is 18.2 Å². The summed E-state index contributed by atoms with van der Waals surface area (Å²) in [4.78, 5) is 20.9. The number of nitrogens with two attached hydrogens (primary N) is 2. The van der Waals surface area contributed by atoms with Crippen LogP contribution in [0.1, 0.15) is 21.6 Å². The number of aryl methyl sites for hydroxylation is 1. The van der Waals surface area contributed by atoms with Crippen molar-refractivity contribution in [2.45, 2.75) is 6.92 Å². The van der Waals surface area contributed by atoms with Gasteiger partial charge in [0.05, 0.1) is 34.7 Å². The molecule has 0 saturated heterocycles. The summed E-state index contributed by atoms with van der Waals surface area (Å²) in [5, 5.41) is 17.0. The Morgan fingerprint density at radius 2 is 2.04 bits per heavy atom. The summed E-state index contributed by atoms with van der Waals surface area (Å²) in [6, 6.07) is 12.7. The van der Waals surface area contributed by atoms with Crippen molar-refractivity contribution in [1.29, 1.82) is 5.26 Å². The fourth-order valence-electron chi connectivity index (χ4n) is 3.15. The Morgan fingerprint density at radius 3 is 2.79 bits per heavy atom. The van der Waals surface area contributed by atoms with E-state index in [0.717, 1.165) is 22.0 Å². The zero-order valence-corrected chi connectivity index (χ0v) is 14.9. The molecular formula is C20H15N7O. The van der Waals surface area contributed by atoms with E-state index in [0.29, 0.717) is 16.8 Å². The van der Waals surface area contributed by atoms with Crippen molar-refractivity contribution in [3.05, 3.63) is 59.4 Å². The third kappa shape index (κ3) is 2.71. The quantitative estimate of drug-likeness (QED) is 0.505. The van der Waals surface area contributed by atoms with Crippen LogP contribution in [-0.4, -0.2) is 26.1 Å². The highest BCUT2D eigenvalue weighted by molar-refractivity contribution is 6.04. The average molecular weight is 369 g/mol. The fourth-order valence-corrected chi connectivity index (χ4v) is 3.15. The second-order valence-corrected chi connectivity index (χ2v) is 6.30. The van der Waals surface area contributed by atoms with E-state index in [4.69, 9.17) is 16.7 Å². The Balaban J connectivity index is 2.06. The third-order valence-electron chi connectivity index (χ3n) is 4.50. The number of nitrogen functional groups attached to an aromatic ring is 1. The number of anilines is 1. The molecule has 0 saturated carbocycles. The molecule has 0 aliphatic heterocycles. The van der Waals surface area contributed by atoms with Gasteiger partial charge in [-0.05, 0) is 30.7 Å². The Labute approximate surface area is 159 Å². The second-order valence-electron chi connectivity index (χ2n) is 6.30. The lowest BCUT2D eigenvalue weighted by Crippen LogP contribution is -2.18. The number of carbonyl (C=O) groups is 1. The summed E-state index contributed by atoms with van der Waals surface area (Å²) in [5.41, 5.74) is 15.7. The number of nitrogens with one attached hydrogen (secondary N) is 1. The van der Waals surface area contributed by atoms with Crippen LogP contribution in [0.25, 0.3) is 33.5 Å². The number of fused-ring (bicyclic) bond motifs is 1. The van der Waals surface area contributed by atoms with Crippen molar-refractivity contribution in [2.24, 2.45) is 5.73 Å². The minimum atomic E-state index is -0.754. The zero-order chi connectivity index (χ0) is 19.8. The highest BCUT2D eigenvalue weighted by atomic mass is 16.1. The van der Waals surface area contributed by atoms with E-state index < -0.39 is 5.91 Å². The Morgan fingerprint density at radius 1 is 1.21 bits per heavy atom. The van der Waals surface area contributed by atoms with Crippen LogP contribution in [-0.2, 0) is 0 Å². The number of H-pyrrole nitrogens is 1. The number of hydrogen-bond donors (Lipinski definition) is 3. The van der Waals surface area contributed by atoms with Crippen LogP contribution < -0.4 is 11.5 Å². The maximum Gasteiger partial charge on any atom is 0.269 e. The smallest absolute Gasteiger partial charge is 0.269 e. The summed E-state index contributed by atoms with van der Waals surface area (Å²) in [6.07, 6.45) is 1.68. The molecular weight excluding hydrogens is 354 g/mol. The van der Waals surface area contributed by atoms with Gasteiger partial charge in [0.1, 0.15) is 0 Å². The Kier molecular flexibility index (Phi) is 3.98. The lowest BCUT2D eigenvalue weighted by molar-refractivity contribution is 0.0996. The van der Waals surface area contributed by atoms with E-state index in [1.807, 2.05) is 19.1 Å². The minimum Gasteiger partial charge on any atom is -0.395 e. The van der Waals surface area contributed by atoms with E-state index in [9.17, 15) is 4.79 Å². The van der Waals surface area contributed by atoms with Crippen LogP contribution in [0.15, 0.2) is 42.6 Å². The molecule has 0 unspecified atom stereocenters. The molecule has 5 N–H and O–H groups in total. The summed E-state index contributed by atoms with van der Waals surface area (Å²) in [5.74, 6) is -0.495. The van der Waals surface area contributed by atoms with Crippen LogP contribution in [0.2, 0.25) is 0 Å². The molecule has 2 heterocycles. The SMILES string of the molecule is Cc1ccc2[nH]ncc2c1-c1nc(-c2cccc(C#N)c2)nc(C(N)=O)c1N. The first-order valence-corrected chi connectivity index (χ1v) is 8.40. The molecule has 4 aromatic rings. The number of rotatable bonds is 3. The largest absolute Gasteiger partial charge is 0.395 e. The van der Waals surface area contributed by atoms with Gasteiger partial charge in [0.25, 0.3) is 5.91 Å². The normalized spacial score (nSPS) is 10.7. The van der Waals surface area contributed by atoms with Gasteiger partial charge in [-0.25, -0.2) is 9.97 Å². The topological polar surface area (TPSA) is 147 Å². The number of nitriles is 1. The van der Waals surface area contributed by atoms with Gasteiger partial charge in [-0.15, -0.1) is 0 Å². The highest BCUT2D eigenvalue weighted by Crippen LogP contribution is 2.35. The number of amides is 1. The summed E-state index contributed by atoms with van der Waals surface area (Å²) < 4.78 is 0. The molecule has 0 atom stereocenters. The molecule has 4 rings (SSSR count). The fraction of sp³-hybridized carbons (Fsp3) is 0.0500. The molecule has 8 nitrogen and oxygen atoms in total. The van der Waals surface area contributed by atoms with E-state index in [1.165, 1.54) is 0 Å². The molecule has 0 radical (unpaired) electrons. The summed E-state index contributed by atoms with van der Waals surface area (Å²) in [7, 11) is 0. The Hall–Kier alpha value is -4.25. The van der Waals surface area contributed by atoms with Crippen LogP contribution in [0.3, 0.4) is 0 Å². The van der Waals surface area contributed by atoms with Crippen molar-refractivity contribution >= 4 is 22.5 Å². The summed E-state index contributed by atoms with van der Waals surface area (Å²) in [6.45, 7) is 1.92. The number of primary amides is 1. The molecule has 1 amide bonds. The highest BCUT2D eigenvalue weighted by Gasteiger charge is 2.21. The summed E-state index contributed by atoms with van der Waals surface area (Å²) >= 11 is 0. The van der Waals surface area contributed by atoms with E-state index in [2.05, 4.69) is 26.2 Å². The number of benzene rings is 2. The van der Waals surface area contributed by atoms with Crippen molar-refractivity contribution in [2.75, 3.05) is 5.73 Å². The number of hydrogen-bond acceptors (Lipinski definition) is 6. The molecule has 2 aromatic heterocycles. The number of aromatic nitrogens is 4. The molecule has 136 valence electrons. The number of aromatic amines is 1. The van der Waals surface area contributed by atoms with Crippen LogP contribution in [0.5, 0.6) is 0 Å². The maximum atomic E-state index is 12.0. The Bertz CT molecular complexity index is 1280. The number of carbonyl (C=O) groups excluding carboxylic acids is 1. The van der Waals surface area contributed by atoms with Crippen LogP contribution >= 0.6 is 0 Å². The number of nitrogens with zero attached hydrogens (tertiary/aromatic N) is 4. The zero-order valence-electron chi connectivity index (χ0n) is 14.9.